The van der Waals surface area contributed by atoms with E-state index in [-0.39, 0.29) is 5.44 Å². The molecule has 0 heterocycles. The molecule has 0 fully saturated rings. The Bertz CT molecular complexity index is 210. The van der Waals surface area contributed by atoms with Crippen molar-refractivity contribution >= 4 is 11.8 Å². The van der Waals surface area contributed by atoms with Gasteiger partial charge in [0.05, 0.1) is 0 Å². The van der Waals surface area contributed by atoms with E-state index in [0.29, 0.717) is 0 Å². The van der Waals surface area contributed by atoms with Crippen LogP contribution >= 0.6 is 11.8 Å². The average Bonchev–Trinajstić information content (AvgIpc) is 2.06. The van der Waals surface area contributed by atoms with Gasteiger partial charge in [0, 0.05) is 11.5 Å². The fourth-order valence-corrected chi connectivity index (χ4v) is 1.86. The molecule has 0 saturated carbocycles. The third kappa shape index (κ3) is 3.28. The number of ether oxygens (including phenoxy) is 1. The summed E-state index contributed by atoms with van der Waals surface area (Å²) in [4.78, 5) is 1.26. The van der Waals surface area contributed by atoms with Gasteiger partial charge < -0.3 is 4.74 Å². The minimum absolute atomic E-state index is 0.248. The summed E-state index contributed by atoms with van der Waals surface area (Å²) in [5, 5.41) is 0. The van der Waals surface area contributed by atoms with Crippen molar-refractivity contribution in [1.29, 1.82) is 0 Å². The van der Waals surface area contributed by atoms with Crippen LogP contribution in [0.3, 0.4) is 0 Å². The van der Waals surface area contributed by atoms with Crippen LogP contribution in [0.1, 0.15) is 13.8 Å². The molecule has 2 heteroatoms. The summed E-state index contributed by atoms with van der Waals surface area (Å²) in [5.74, 6) is 0. The van der Waals surface area contributed by atoms with Gasteiger partial charge >= 0.3 is 0 Å². The summed E-state index contributed by atoms with van der Waals surface area (Å²) < 4.78 is 5.41. The van der Waals surface area contributed by atoms with E-state index in [1.54, 1.807) is 11.8 Å². The molecule has 0 spiro atoms. The molecule has 0 aliphatic carbocycles. The van der Waals surface area contributed by atoms with E-state index < -0.39 is 0 Å². The molecule has 0 radical (unpaired) electrons. The van der Waals surface area contributed by atoms with E-state index in [2.05, 4.69) is 19.1 Å². The van der Waals surface area contributed by atoms with E-state index in [0.717, 1.165) is 6.61 Å². The largest absolute Gasteiger partial charge is 0.368 e. The molecule has 1 aromatic carbocycles. The normalized spacial score (nSPS) is 12.8. The molecule has 1 atom stereocenters. The zero-order chi connectivity index (χ0) is 8.81. The third-order valence-electron chi connectivity index (χ3n) is 1.45. The number of benzene rings is 1. The summed E-state index contributed by atoms with van der Waals surface area (Å²) in [5.41, 5.74) is 0.248. The van der Waals surface area contributed by atoms with Crippen molar-refractivity contribution in [1.82, 2.24) is 0 Å². The van der Waals surface area contributed by atoms with Crippen LogP contribution in [0.15, 0.2) is 35.2 Å². The molecule has 0 saturated heterocycles. The first-order valence-electron chi connectivity index (χ1n) is 4.16. The van der Waals surface area contributed by atoms with Crippen LogP contribution in [0.5, 0.6) is 0 Å². The average molecular weight is 182 g/mol. The number of rotatable bonds is 4. The first-order valence-corrected chi connectivity index (χ1v) is 5.04. The highest BCUT2D eigenvalue weighted by Crippen LogP contribution is 2.22. The molecular formula is C10H14OS. The van der Waals surface area contributed by atoms with Crippen LogP contribution in [-0.4, -0.2) is 12.0 Å². The van der Waals surface area contributed by atoms with Crippen LogP contribution in [0, 0.1) is 0 Å². The van der Waals surface area contributed by atoms with Crippen LogP contribution in [0.4, 0.5) is 0 Å². The Labute approximate surface area is 78.1 Å². The highest BCUT2D eigenvalue weighted by atomic mass is 32.2. The maximum atomic E-state index is 5.41. The number of hydrogen-bond donors (Lipinski definition) is 0. The van der Waals surface area contributed by atoms with Crippen molar-refractivity contribution in [3.05, 3.63) is 30.3 Å². The second kappa shape index (κ2) is 5.22. The summed E-state index contributed by atoms with van der Waals surface area (Å²) in [6, 6.07) is 10.3. The van der Waals surface area contributed by atoms with Gasteiger partial charge in [-0.3, -0.25) is 0 Å². The first kappa shape index (κ1) is 9.62. The zero-order valence-electron chi connectivity index (χ0n) is 7.49. The SMILES string of the molecule is CCOC(C)Sc1ccccc1. The van der Waals surface area contributed by atoms with Crippen LogP contribution < -0.4 is 0 Å². The van der Waals surface area contributed by atoms with Gasteiger partial charge in [0.25, 0.3) is 0 Å². The second-order valence-electron chi connectivity index (χ2n) is 2.45. The van der Waals surface area contributed by atoms with Gasteiger partial charge in [0.1, 0.15) is 5.44 Å². The van der Waals surface area contributed by atoms with Gasteiger partial charge in [-0.2, -0.15) is 0 Å². The minimum Gasteiger partial charge on any atom is -0.368 e. The first-order chi connectivity index (χ1) is 5.83. The topological polar surface area (TPSA) is 9.23 Å². The van der Waals surface area contributed by atoms with Crippen molar-refractivity contribution in [3.8, 4) is 0 Å². The predicted molar refractivity (Wildman–Crippen MR) is 53.4 cm³/mol. The lowest BCUT2D eigenvalue weighted by Gasteiger charge is -2.10. The van der Waals surface area contributed by atoms with Crippen molar-refractivity contribution in [2.45, 2.75) is 24.2 Å². The van der Waals surface area contributed by atoms with Crippen LogP contribution in [0.25, 0.3) is 0 Å². The summed E-state index contributed by atoms with van der Waals surface area (Å²) in [7, 11) is 0. The molecule has 66 valence electrons. The summed E-state index contributed by atoms with van der Waals surface area (Å²) in [6.07, 6.45) is 0. The monoisotopic (exact) mass is 182 g/mol. The Hall–Kier alpha value is -0.470. The van der Waals surface area contributed by atoms with Gasteiger partial charge in [0.15, 0.2) is 0 Å². The fourth-order valence-electron chi connectivity index (χ4n) is 0.959. The van der Waals surface area contributed by atoms with Gasteiger partial charge in [-0.25, -0.2) is 0 Å². The van der Waals surface area contributed by atoms with E-state index in [4.69, 9.17) is 4.74 Å². The molecule has 1 nitrogen and oxygen atoms in total. The second-order valence-corrected chi connectivity index (χ2v) is 3.82. The molecular weight excluding hydrogens is 168 g/mol. The molecule has 0 N–H and O–H groups in total. The lowest BCUT2D eigenvalue weighted by Crippen LogP contribution is -2.01. The molecule has 1 rings (SSSR count). The van der Waals surface area contributed by atoms with Gasteiger partial charge in [-0.1, -0.05) is 30.0 Å². The number of hydrogen-bond acceptors (Lipinski definition) is 2. The molecule has 1 aromatic rings. The Morgan fingerprint density at radius 3 is 2.58 bits per heavy atom. The maximum absolute atomic E-state index is 5.41. The maximum Gasteiger partial charge on any atom is 0.104 e. The van der Waals surface area contributed by atoms with Gasteiger partial charge in [0.2, 0.25) is 0 Å². The van der Waals surface area contributed by atoms with E-state index >= 15 is 0 Å². The van der Waals surface area contributed by atoms with Crippen molar-refractivity contribution in [2.75, 3.05) is 6.61 Å². The molecule has 0 bridgehead atoms. The van der Waals surface area contributed by atoms with Crippen LogP contribution in [0.2, 0.25) is 0 Å². The molecule has 0 amide bonds. The van der Waals surface area contributed by atoms with Crippen molar-refractivity contribution in [2.24, 2.45) is 0 Å². The Morgan fingerprint density at radius 2 is 2.00 bits per heavy atom. The smallest absolute Gasteiger partial charge is 0.104 e. The molecule has 0 aliphatic rings. The summed E-state index contributed by atoms with van der Waals surface area (Å²) in [6.45, 7) is 4.87. The lowest BCUT2D eigenvalue weighted by molar-refractivity contribution is 0.137. The molecule has 12 heavy (non-hydrogen) atoms. The predicted octanol–water partition coefficient (Wildman–Crippen LogP) is 3.16. The molecule has 1 unspecified atom stereocenters. The van der Waals surface area contributed by atoms with E-state index in [1.807, 2.05) is 25.1 Å². The highest BCUT2D eigenvalue weighted by molar-refractivity contribution is 7.99. The molecule has 0 aliphatic heterocycles. The Morgan fingerprint density at radius 1 is 1.33 bits per heavy atom. The highest BCUT2D eigenvalue weighted by Gasteiger charge is 2.01. The summed E-state index contributed by atoms with van der Waals surface area (Å²) >= 11 is 1.75. The van der Waals surface area contributed by atoms with Gasteiger partial charge in [-0.05, 0) is 26.0 Å². The van der Waals surface area contributed by atoms with Crippen molar-refractivity contribution < 1.29 is 4.74 Å². The van der Waals surface area contributed by atoms with E-state index in [9.17, 15) is 0 Å². The standard InChI is InChI=1S/C10H14OS/c1-3-11-9(2)12-10-7-5-4-6-8-10/h4-9H,3H2,1-2H3. The van der Waals surface area contributed by atoms with Crippen LogP contribution in [-0.2, 0) is 4.74 Å². The third-order valence-corrected chi connectivity index (χ3v) is 2.46. The fraction of sp³-hybridized carbons (Fsp3) is 0.400. The van der Waals surface area contributed by atoms with Crippen molar-refractivity contribution in [3.63, 3.8) is 0 Å². The minimum atomic E-state index is 0.248. The molecule has 0 aromatic heterocycles. The van der Waals surface area contributed by atoms with Gasteiger partial charge in [-0.15, -0.1) is 0 Å². The Balaban J connectivity index is 2.41. The lowest BCUT2D eigenvalue weighted by atomic mass is 10.4. The zero-order valence-corrected chi connectivity index (χ0v) is 8.30. The quantitative estimate of drug-likeness (QED) is 0.522. The Kier molecular flexibility index (Phi) is 4.19. The van der Waals surface area contributed by atoms with E-state index in [1.165, 1.54) is 4.90 Å². The number of thioether (sulfide) groups is 1.